The fourth-order valence-electron chi connectivity index (χ4n) is 1.05. The Morgan fingerprint density at radius 1 is 1.75 bits per heavy atom. The first-order valence-corrected chi connectivity index (χ1v) is 3.83. The maximum absolute atomic E-state index is 8.68. The second-order valence-corrected chi connectivity index (χ2v) is 2.80. The summed E-state index contributed by atoms with van der Waals surface area (Å²) in [6.45, 7) is 1.91. The van der Waals surface area contributed by atoms with Gasteiger partial charge in [-0.15, -0.1) is 0 Å². The van der Waals surface area contributed by atoms with Gasteiger partial charge in [0.1, 0.15) is 11.8 Å². The molecule has 0 bridgehead atoms. The minimum absolute atomic E-state index is 0.0706. The van der Waals surface area contributed by atoms with Crippen molar-refractivity contribution in [2.24, 2.45) is 5.73 Å². The predicted molar refractivity (Wildman–Crippen MR) is 46.3 cm³/mol. The van der Waals surface area contributed by atoms with Gasteiger partial charge in [0.15, 0.2) is 0 Å². The molecule has 0 aromatic carbocycles. The molecule has 1 atom stereocenters. The van der Waals surface area contributed by atoms with Gasteiger partial charge in [-0.3, -0.25) is 0 Å². The minimum atomic E-state index is 0.0706. The number of aromatic nitrogens is 1. The van der Waals surface area contributed by atoms with E-state index in [1.165, 1.54) is 0 Å². The van der Waals surface area contributed by atoms with Gasteiger partial charge in [-0.2, -0.15) is 5.26 Å². The number of nitriles is 1. The first kappa shape index (κ1) is 8.69. The topological polar surface area (TPSA) is 62.7 Å². The van der Waals surface area contributed by atoms with E-state index in [9.17, 15) is 0 Å². The molecule has 1 rings (SSSR count). The van der Waals surface area contributed by atoms with E-state index in [1.54, 1.807) is 6.20 Å². The van der Waals surface area contributed by atoms with Gasteiger partial charge in [0.25, 0.3) is 0 Å². The van der Waals surface area contributed by atoms with E-state index in [4.69, 9.17) is 11.0 Å². The summed E-state index contributed by atoms with van der Waals surface area (Å²) in [5.74, 6) is 0. The summed E-state index contributed by atoms with van der Waals surface area (Å²) in [6, 6.07) is 5.81. The van der Waals surface area contributed by atoms with Gasteiger partial charge in [-0.05, 0) is 25.0 Å². The Labute approximate surface area is 71.8 Å². The maximum Gasteiger partial charge on any atom is 0.143 e. The van der Waals surface area contributed by atoms with Gasteiger partial charge in [-0.25, -0.2) is 4.98 Å². The van der Waals surface area contributed by atoms with Crippen molar-refractivity contribution < 1.29 is 0 Å². The molecule has 1 aromatic heterocycles. The first-order chi connectivity index (χ1) is 5.74. The Morgan fingerprint density at radius 2 is 2.50 bits per heavy atom. The Balaban J connectivity index is 2.91. The number of pyridine rings is 1. The van der Waals surface area contributed by atoms with Crippen molar-refractivity contribution in [3.05, 3.63) is 29.6 Å². The Morgan fingerprint density at radius 3 is 3.08 bits per heavy atom. The molecular weight excluding hydrogens is 150 g/mol. The zero-order valence-electron chi connectivity index (χ0n) is 6.99. The third-order valence-corrected chi connectivity index (χ3v) is 1.54. The highest BCUT2D eigenvalue weighted by atomic mass is 14.7. The Bertz CT molecular complexity index is 299. The normalized spacial score (nSPS) is 12.1. The van der Waals surface area contributed by atoms with Gasteiger partial charge in [0.05, 0.1) is 0 Å². The molecule has 3 nitrogen and oxygen atoms in total. The summed E-state index contributed by atoms with van der Waals surface area (Å²) in [5.41, 5.74) is 7.02. The lowest BCUT2D eigenvalue weighted by atomic mass is 10.1. The number of hydrogen-bond acceptors (Lipinski definition) is 3. The van der Waals surface area contributed by atoms with Crippen LogP contribution in [-0.2, 0) is 6.42 Å². The van der Waals surface area contributed by atoms with E-state index in [-0.39, 0.29) is 6.04 Å². The van der Waals surface area contributed by atoms with Crippen LogP contribution >= 0.6 is 0 Å². The van der Waals surface area contributed by atoms with Crippen molar-refractivity contribution in [3.8, 4) is 6.07 Å². The van der Waals surface area contributed by atoms with Crippen LogP contribution in [0.5, 0.6) is 0 Å². The minimum Gasteiger partial charge on any atom is -0.328 e. The van der Waals surface area contributed by atoms with Crippen LogP contribution in [0.4, 0.5) is 0 Å². The molecule has 0 aliphatic carbocycles. The van der Waals surface area contributed by atoms with Crippen LogP contribution in [0.15, 0.2) is 18.3 Å². The van der Waals surface area contributed by atoms with Crippen LogP contribution in [0, 0.1) is 11.3 Å². The van der Waals surface area contributed by atoms with E-state index >= 15 is 0 Å². The second-order valence-electron chi connectivity index (χ2n) is 2.80. The van der Waals surface area contributed by atoms with Crippen LogP contribution in [0.2, 0.25) is 0 Å². The molecule has 0 saturated heterocycles. The average molecular weight is 161 g/mol. The van der Waals surface area contributed by atoms with Crippen molar-refractivity contribution >= 4 is 0 Å². The van der Waals surface area contributed by atoms with Crippen LogP contribution in [0.1, 0.15) is 18.2 Å². The highest BCUT2D eigenvalue weighted by Gasteiger charge is 2.03. The molecule has 0 amide bonds. The summed E-state index contributed by atoms with van der Waals surface area (Å²) in [7, 11) is 0. The predicted octanol–water partition coefficient (Wildman–Crippen LogP) is 0.843. The molecule has 0 aliphatic heterocycles. The highest BCUT2D eigenvalue weighted by molar-refractivity contribution is 5.30. The van der Waals surface area contributed by atoms with E-state index in [0.29, 0.717) is 12.1 Å². The lowest BCUT2D eigenvalue weighted by Gasteiger charge is -2.04. The van der Waals surface area contributed by atoms with Crippen molar-refractivity contribution in [2.75, 3.05) is 0 Å². The molecule has 0 fully saturated rings. The number of hydrogen-bond donors (Lipinski definition) is 1. The summed E-state index contributed by atoms with van der Waals surface area (Å²) < 4.78 is 0. The maximum atomic E-state index is 8.68. The number of nitrogens with two attached hydrogens (primary N) is 1. The monoisotopic (exact) mass is 161 g/mol. The molecule has 1 unspecified atom stereocenters. The molecule has 62 valence electrons. The summed E-state index contributed by atoms with van der Waals surface area (Å²) in [4.78, 5) is 3.93. The zero-order valence-corrected chi connectivity index (χ0v) is 6.99. The first-order valence-electron chi connectivity index (χ1n) is 3.83. The lowest BCUT2D eigenvalue weighted by Crippen LogP contribution is -2.18. The van der Waals surface area contributed by atoms with Crippen LogP contribution in [0.3, 0.4) is 0 Å². The Hall–Kier alpha value is -1.40. The standard InChI is InChI=1S/C9H11N3/c1-7(11)5-8-3-2-4-12-9(8)6-10/h2-4,7H,5,11H2,1H3. The van der Waals surface area contributed by atoms with E-state index < -0.39 is 0 Å². The highest BCUT2D eigenvalue weighted by Crippen LogP contribution is 2.05. The van der Waals surface area contributed by atoms with E-state index in [2.05, 4.69) is 4.98 Å². The fourth-order valence-corrected chi connectivity index (χ4v) is 1.05. The average Bonchev–Trinajstić information content (AvgIpc) is 2.04. The molecule has 2 N–H and O–H groups in total. The SMILES string of the molecule is CC(N)Cc1cccnc1C#N. The number of nitrogens with zero attached hydrogens (tertiary/aromatic N) is 2. The van der Waals surface area contributed by atoms with Crippen LogP contribution < -0.4 is 5.73 Å². The van der Waals surface area contributed by atoms with Crippen molar-refractivity contribution in [2.45, 2.75) is 19.4 Å². The molecular formula is C9H11N3. The second kappa shape index (κ2) is 3.84. The molecule has 1 heterocycles. The van der Waals surface area contributed by atoms with E-state index in [1.807, 2.05) is 25.1 Å². The quantitative estimate of drug-likeness (QED) is 0.699. The van der Waals surface area contributed by atoms with Crippen molar-refractivity contribution in [1.29, 1.82) is 5.26 Å². The van der Waals surface area contributed by atoms with Gasteiger partial charge in [0.2, 0.25) is 0 Å². The third kappa shape index (κ3) is 2.04. The molecule has 12 heavy (non-hydrogen) atoms. The largest absolute Gasteiger partial charge is 0.328 e. The molecule has 3 heteroatoms. The summed E-state index contributed by atoms with van der Waals surface area (Å²) >= 11 is 0. The lowest BCUT2D eigenvalue weighted by molar-refractivity contribution is 0.734. The molecule has 0 aliphatic rings. The zero-order chi connectivity index (χ0) is 8.97. The van der Waals surface area contributed by atoms with Gasteiger partial charge in [-0.1, -0.05) is 6.07 Å². The molecule has 0 spiro atoms. The molecule has 0 radical (unpaired) electrons. The van der Waals surface area contributed by atoms with E-state index in [0.717, 1.165) is 5.56 Å². The number of rotatable bonds is 2. The smallest absolute Gasteiger partial charge is 0.143 e. The van der Waals surface area contributed by atoms with Crippen LogP contribution in [-0.4, -0.2) is 11.0 Å². The van der Waals surface area contributed by atoms with Gasteiger partial charge >= 0.3 is 0 Å². The fraction of sp³-hybridized carbons (Fsp3) is 0.333. The van der Waals surface area contributed by atoms with Crippen molar-refractivity contribution in [3.63, 3.8) is 0 Å². The Kier molecular flexibility index (Phi) is 2.78. The van der Waals surface area contributed by atoms with Gasteiger partial charge < -0.3 is 5.73 Å². The van der Waals surface area contributed by atoms with Crippen LogP contribution in [0.25, 0.3) is 0 Å². The summed E-state index contributed by atoms with van der Waals surface area (Å²) in [6.07, 6.45) is 2.32. The van der Waals surface area contributed by atoms with Crippen molar-refractivity contribution in [1.82, 2.24) is 4.98 Å². The third-order valence-electron chi connectivity index (χ3n) is 1.54. The molecule has 1 aromatic rings. The van der Waals surface area contributed by atoms with Gasteiger partial charge in [0, 0.05) is 12.2 Å². The summed E-state index contributed by atoms with van der Waals surface area (Å²) in [5, 5.41) is 8.68. The molecule has 0 saturated carbocycles.